The van der Waals surface area contributed by atoms with Crippen LogP contribution in [0.1, 0.15) is 31.8 Å². The van der Waals surface area contributed by atoms with Crippen LogP contribution >= 0.6 is 22.6 Å². The molecule has 3 aromatic rings. The van der Waals surface area contributed by atoms with E-state index in [0.717, 1.165) is 36.4 Å². The molecule has 1 atom stereocenters. The number of halogens is 15. The largest absolute Gasteiger partial charge is 0.457 e. The van der Waals surface area contributed by atoms with Gasteiger partial charge in [-0.1, -0.05) is 6.07 Å². The van der Waals surface area contributed by atoms with Crippen molar-refractivity contribution >= 4 is 45.8 Å². The van der Waals surface area contributed by atoms with Crippen LogP contribution in [-0.4, -0.2) is 30.1 Å². The average molecular weight is 764 g/mol. The van der Waals surface area contributed by atoms with E-state index in [1.807, 2.05) is 5.32 Å². The first kappa shape index (κ1) is 34.8. The molecule has 19 heteroatoms. The summed E-state index contributed by atoms with van der Waals surface area (Å²) in [6.45, 7) is 0. The van der Waals surface area contributed by atoms with Crippen LogP contribution in [0.15, 0.2) is 54.6 Å². The molecule has 0 aliphatic rings. The Balaban J connectivity index is 2.09. The molecule has 0 saturated heterocycles. The molecule has 0 bridgehead atoms. The van der Waals surface area contributed by atoms with E-state index < -0.39 is 97.3 Å². The van der Waals surface area contributed by atoms with E-state index in [2.05, 4.69) is 0 Å². The fourth-order valence-corrected chi connectivity index (χ4v) is 4.42. The van der Waals surface area contributed by atoms with Crippen LogP contribution in [0.4, 0.5) is 72.8 Å². The van der Waals surface area contributed by atoms with Crippen molar-refractivity contribution < 1.29 is 71.1 Å². The zero-order valence-corrected chi connectivity index (χ0v) is 22.8. The topological polar surface area (TPSA) is 58.2 Å². The highest BCUT2D eigenvalue weighted by Crippen LogP contribution is 2.59. The average Bonchev–Trinajstić information content (AvgIpc) is 2.88. The van der Waals surface area contributed by atoms with E-state index in [4.69, 9.17) is 0 Å². The van der Waals surface area contributed by atoms with Gasteiger partial charge in [0.25, 0.3) is 11.8 Å². The van der Waals surface area contributed by atoms with Crippen LogP contribution in [0, 0.1) is 15.2 Å². The molecule has 0 heterocycles. The van der Waals surface area contributed by atoms with E-state index in [1.165, 1.54) is 5.32 Å². The highest BCUT2D eigenvalue weighted by Gasteiger charge is 2.82. The van der Waals surface area contributed by atoms with Gasteiger partial charge in [-0.2, -0.15) is 48.3 Å². The highest BCUT2D eigenvalue weighted by molar-refractivity contribution is 14.1. The van der Waals surface area contributed by atoms with Crippen molar-refractivity contribution in [3.8, 4) is 0 Å². The lowest BCUT2D eigenvalue weighted by Crippen LogP contribution is -2.59. The van der Waals surface area contributed by atoms with Gasteiger partial charge in [0.15, 0.2) is 5.82 Å². The number of amides is 2. The third kappa shape index (κ3) is 6.41. The second kappa shape index (κ2) is 11.7. The molecule has 2 N–H and O–H groups in total. The minimum absolute atomic E-state index is 0.191. The van der Waals surface area contributed by atoms with Crippen molar-refractivity contribution in [2.24, 2.45) is 0 Å². The van der Waals surface area contributed by atoms with Crippen LogP contribution in [0.25, 0.3) is 0 Å². The van der Waals surface area contributed by atoms with Gasteiger partial charge < -0.3 is 10.6 Å². The zero-order chi connectivity index (χ0) is 33.6. The number of nitrogens with one attached hydrogen (secondary N) is 2. The van der Waals surface area contributed by atoms with Gasteiger partial charge in [0.1, 0.15) is 5.82 Å². The van der Waals surface area contributed by atoms with E-state index in [9.17, 15) is 66.7 Å². The molecule has 0 spiro atoms. The Kier molecular flexibility index (Phi) is 9.26. The molecule has 238 valence electrons. The number of anilines is 2. The summed E-state index contributed by atoms with van der Waals surface area (Å²) in [4.78, 5) is 25.0. The lowest BCUT2D eigenvalue weighted by Gasteiger charge is -2.36. The van der Waals surface area contributed by atoms with Crippen LogP contribution in [-0.2, 0) is 11.8 Å². The van der Waals surface area contributed by atoms with Crippen molar-refractivity contribution in [3.05, 3.63) is 92.1 Å². The monoisotopic (exact) mass is 764 g/mol. The summed E-state index contributed by atoms with van der Waals surface area (Å²) in [6, 6.07) is 4.85. The Hall–Kier alpha value is -3.65. The SMILES string of the molecule is O=C(Nc1cccc(C(=O)Nc2c(I)cc(C(F)(C(F)(F)F)C(F)(F)C(F)(F)F)cc2C(F)(F)F)c1F)c1ccc(F)cc1. The van der Waals surface area contributed by atoms with Gasteiger partial charge >= 0.3 is 30.1 Å². The van der Waals surface area contributed by atoms with Gasteiger partial charge in [-0.15, -0.1) is 0 Å². The fraction of sp³-hybridized carbons (Fsp3) is 0.200. The summed E-state index contributed by atoms with van der Waals surface area (Å²) in [6.07, 6.45) is -20.2. The van der Waals surface area contributed by atoms with Crippen LogP contribution in [0.2, 0.25) is 0 Å². The number of carbonyl (C=O) groups excluding carboxylic acids is 2. The van der Waals surface area contributed by atoms with Crippen molar-refractivity contribution in [2.45, 2.75) is 30.1 Å². The number of hydrogen-bond donors (Lipinski definition) is 2. The Bertz CT molecular complexity index is 1580. The number of benzene rings is 3. The maximum Gasteiger partial charge on any atom is 0.457 e. The molecule has 0 saturated carbocycles. The Morgan fingerprint density at radius 3 is 1.75 bits per heavy atom. The van der Waals surface area contributed by atoms with Gasteiger partial charge in [-0.05, 0) is 71.1 Å². The molecule has 0 aliphatic heterocycles. The Morgan fingerprint density at radius 2 is 1.25 bits per heavy atom. The summed E-state index contributed by atoms with van der Waals surface area (Å²) in [5.74, 6) is -12.4. The summed E-state index contributed by atoms with van der Waals surface area (Å²) in [7, 11) is 0. The molecule has 44 heavy (non-hydrogen) atoms. The molecule has 0 aliphatic carbocycles. The molecule has 0 aromatic heterocycles. The predicted molar refractivity (Wildman–Crippen MR) is 133 cm³/mol. The van der Waals surface area contributed by atoms with Gasteiger partial charge in [0.05, 0.1) is 22.5 Å². The summed E-state index contributed by atoms with van der Waals surface area (Å²) in [5, 5.41) is 3.48. The van der Waals surface area contributed by atoms with Crippen molar-refractivity contribution in [3.63, 3.8) is 0 Å². The normalized spacial score (nSPS) is 14.2. The maximum atomic E-state index is 15.1. The molecule has 2 amide bonds. The molecule has 3 aromatic carbocycles. The number of rotatable bonds is 6. The second-order valence-electron chi connectivity index (χ2n) is 8.69. The third-order valence-electron chi connectivity index (χ3n) is 5.81. The first-order chi connectivity index (χ1) is 19.9. The number of alkyl halides is 12. The second-order valence-corrected chi connectivity index (χ2v) is 9.85. The maximum absolute atomic E-state index is 15.1. The van der Waals surface area contributed by atoms with E-state index >= 15 is 4.39 Å². The van der Waals surface area contributed by atoms with Crippen molar-refractivity contribution in [1.82, 2.24) is 0 Å². The first-order valence-corrected chi connectivity index (χ1v) is 12.3. The quantitative estimate of drug-likeness (QED) is 0.195. The summed E-state index contributed by atoms with van der Waals surface area (Å²) >= 11 is 0.709. The predicted octanol–water partition coefficient (Wildman–Crippen LogP) is 9.02. The van der Waals surface area contributed by atoms with Gasteiger partial charge in [-0.25, -0.2) is 13.2 Å². The van der Waals surface area contributed by atoms with Gasteiger partial charge in [-0.3, -0.25) is 9.59 Å². The highest BCUT2D eigenvalue weighted by atomic mass is 127. The molecular formula is C25H11F14IN2O2. The smallest absolute Gasteiger partial charge is 0.320 e. The third-order valence-corrected chi connectivity index (χ3v) is 6.66. The number of hydrogen-bond acceptors (Lipinski definition) is 2. The van der Waals surface area contributed by atoms with E-state index in [0.29, 0.717) is 28.7 Å². The Labute approximate surface area is 249 Å². The minimum Gasteiger partial charge on any atom is -0.320 e. The fourth-order valence-electron chi connectivity index (χ4n) is 3.65. The lowest BCUT2D eigenvalue weighted by molar-refractivity contribution is -0.389. The molecule has 1 unspecified atom stereocenters. The van der Waals surface area contributed by atoms with Crippen LogP contribution < -0.4 is 10.6 Å². The molecular weight excluding hydrogens is 753 g/mol. The van der Waals surface area contributed by atoms with Gasteiger partial charge in [0.2, 0.25) is 0 Å². The summed E-state index contributed by atoms with van der Waals surface area (Å²) in [5.41, 5.74) is -15.6. The molecule has 3 rings (SSSR count). The van der Waals surface area contributed by atoms with Gasteiger partial charge in [0, 0.05) is 14.7 Å². The number of carbonyl (C=O) groups is 2. The lowest BCUT2D eigenvalue weighted by atomic mass is 9.86. The van der Waals surface area contributed by atoms with E-state index in [-0.39, 0.29) is 5.56 Å². The standard InChI is InChI=1S/C25H11F14IN2O2/c26-12-6-4-10(5-7-12)19(43)41-16-3-1-2-13(17(16)27)20(44)42-18-14(22(29,30)31)8-11(9-15(18)40)21(28,24(34,35)36)23(32,33)25(37,38)39/h1-9H,(H,41,43)(H,42,44). The molecule has 4 nitrogen and oxygen atoms in total. The van der Waals surface area contributed by atoms with Crippen LogP contribution in [0.5, 0.6) is 0 Å². The van der Waals surface area contributed by atoms with E-state index in [1.54, 1.807) is 0 Å². The Morgan fingerprint density at radius 1 is 0.682 bits per heavy atom. The minimum atomic E-state index is -7.28. The first-order valence-electron chi connectivity index (χ1n) is 11.2. The molecule has 0 radical (unpaired) electrons. The van der Waals surface area contributed by atoms with Crippen molar-refractivity contribution in [1.29, 1.82) is 0 Å². The van der Waals surface area contributed by atoms with Crippen molar-refractivity contribution in [2.75, 3.05) is 10.6 Å². The summed E-state index contributed by atoms with van der Waals surface area (Å²) < 4.78 is 190. The zero-order valence-electron chi connectivity index (χ0n) is 20.7. The molecule has 0 fully saturated rings. The van der Waals surface area contributed by atoms with Crippen LogP contribution in [0.3, 0.4) is 0 Å².